The molecule has 2 rings (SSSR count). The minimum absolute atomic E-state index is 0.105. The highest BCUT2D eigenvalue weighted by Crippen LogP contribution is 2.29. The molecular formula is C13H19N3O2S. The number of nitrogens with two attached hydrogens (primary N) is 1. The van der Waals surface area contributed by atoms with E-state index < -0.39 is 5.54 Å². The highest BCUT2D eigenvalue weighted by atomic mass is 32.1. The van der Waals surface area contributed by atoms with Crippen LogP contribution in [0.5, 0.6) is 0 Å². The van der Waals surface area contributed by atoms with Crippen molar-refractivity contribution in [1.29, 1.82) is 0 Å². The summed E-state index contributed by atoms with van der Waals surface area (Å²) >= 11 is 1.50. The molecule has 0 bridgehead atoms. The third kappa shape index (κ3) is 2.73. The zero-order valence-corrected chi connectivity index (χ0v) is 11.8. The number of oxime groups is 1. The third-order valence-corrected chi connectivity index (χ3v) is 4.62. The summed E-state index contributed by atoms with van der Waals surface area (Å²) in [6.07, 6.45) is 4.50. The van der Waals surface area contributed by atoms with E-state index in [0.717, 1.165) is 37.7 Å². The maximum absolute atomic E-state index is 12.3. The lowest BCUT2D eigenvalue weighted by atomic mass is 9.80. The Kier molecular flexibility index (Phi) is 4.09. The zero-order valence-electron chi connectivity index (χ0n) is 11.0. The Labute approximate surface area is 116 Å². The van der Waals surface area contributed by atoms with E-state index in [9.17, 15) is 4.79 Å². The maximum atomic E-state index is 12.3. The topological polar surface area (TPSA) is 87.7 Å². The van der Waals surface area contributed by atoms with Crippen LogP contribution in [0.25, 0.3) is 0 Å². The molecule has 1 fully saturated rings. The summed E-state index contributed by atoms with van der Waals surface area (Å²) in [7, 11) is 0. The minimum atomic E-state index is -0.696. The average molecular weight is 281 g/mol. The lowest BCUT2D eigenvalue weighted by molar-refractivity contribution is 0.0905. The van der Waals surface area contributed by atoms with Gasteiger partial charge in [0, 0.05) is 5.38 Å². The summed E-state index contributed by atoms with van der Waals surface area (Å²) in [6, 6.07) is 0. The second kappa shape index (κ2) is 5.61. The lowest BCUT2D eigenvalue weighted by Crippen LogP contribution is -2.58. The number of rotatable bonds is 3. The summed E-state index contributed by atoms with van der Waals surface area (Å²) in [5.74, 6) is -0.0410. The van der Waals surface area contributed by atoms with Crippen LogP contribution in [0.3, 0.4) is 0 Å². The van der Waals surface area contributed by atoms with Gasteiger partial charge in [-0.25, -0.2) is 0 Å². The second-order valence-corrected chi connectivity index (χ2v) is 5.79. The van der Waals surface area contributed by atoms with Crippen molar-refractivity contribution in [3.8, 4) is 0 Å². The van der Waals surface area contributed by atoms with Gasteiger partial charge in [-0.3, -0.25) is 4.79 Å². The van der Waals surface area contributed by atoms with Gasteiger partial charge in [-0.2, -0.15) is 11.3 Å². The van der Waals surface area contributed by atoms with Gasteiger partial charge < -0.3 is 16.3 Å². The van der Waals surface area contributed by atoms with Crippen molar-refractivity contribution in [3.05, 3.63) is 21.9 Å². The van der Waals surface area contributed by atoms with E-state index in [2.05, 4.69) is 10.5 Å². The minimum Gasteiger partial charge on any atom is -0.409 e. The molecule has 0 aromatic carbocycles. The molecule has 0 atom stereocenters. The first-order valence-electron chi connectivity index (χ1n) is 6.42. The van der Waals surface area contributed by atoms with Crippen LogP contribution in [0, 0.1) is 6.92 Å². The summed E-state index contributed by atoms with van der Waals surface area (Å²) < 4.78 is 0. The fraction of sp³-hybridized carbons (Fsp3) is 0.538. The van der Waals surface area contributed by atoms with E-state index in [0.29, 0.717) is 5.56 Å². The van der Waals surface area contributed by atoms with Gasteiger partial charge in [0.05, 0.1) is 5.56 Å². The molecule has 0 radical (unpaired) electrons. The van der Waals surface area contributed by atoms with Gasteiger partial charge in [0.25, 0.3) is 5.91 Å². The molecule has 1 amide bonds. The van der Waals surface area contributed by atoms with Crippen LogP contribution in [0.4, 0.5) is 0 Å². The largest absolute Gasteiger partial charge is 0.409 e. The fourth-order valence-electron chi connectivity index (χ4n) is 2.57. The smallest absolute Gasteiger partial charge is 0.253 e. The number of carbonyl (C=O) groups is 1. The van der Waals surface area contributed by atoms with Gasteiger partial charge in [0.15, 0.2) is 5.84 Å². The van der Waals surface area contributed by atoms with Crippen LogP contribution < -0.4 is 11.1 Å². The lowest BCUT2D eigenvalue weighted by Gasteiger charge is -2.36. The van der Waals surface area contributed by atoms with Gasteiger partial charge >= 0.3 is 0 Å². The third-order valence-electron chi connectivity index (χ3n) is 3.76. The summed E-state index contributed by atoms with van der Waals surface area (Å²) in [5, 5.41) is 18.8. The zero-order chi connectivity index (χ0) is 13.9. The molecule has 1 saturated carbocycles. The molecule has 5 nitrogen and oxygen atoms in total. The molecule has 1 heterocycles. The maximum Gasteiger partial charge on any atom is 0.253 e. The van der Waals surface area contributed by atoms with Crippen molar-refractivity contribution in [1.82, 2.24) is 5.32 Å². The Morgan fingerprint density at radius 1 is 1.42 bits per heavy atom. The number of carbonyl (C=O) groups excluding carboxylic acids is 1. The van der Waals surface area contributed by atoms with Gasteiger partial charge in [-0.15, -0.1) is 0 Å². The average Bonchev–Trinajstić information content (AvgIpc) is 2.85. The number of hydrogen-bond acceptors (Lipinski definition) is 4. The van der Waals surface area contributed by atoms with Crippen molar-refractivity contribution in [2.45, 2.75) is 44.6 Å². The Hall–Kier alpha value is -1.56. The number of nitrogens with one attached hydrogen (secondary N) is 1. The molecule has 4 N–H and O–H groups in total. The van der Waals surface area contributed by atoms with Crippen LogP contribution in [0.1, 0.15) is 48.0 Å². The molecule has 0 spiro atoms. The number of nitrogens with zero attached hydrogens (tertiary/aromatic N) is 1. The standard InChI is InChI=1S/C13H19N3O2S/c1-9-7-19-8-10(9)11(17)15-13(12(14)16-18)5-3-2-4-6-13/h7-8,18H,2-6H2,1H3,(H2,14,16)(H,15,17). The van der Waals surface area contributed by atoms with E-state index in [4.69, 9.17) is 10.9 Å². The first-order chi connectivity index (χ1) is 9.09. The highest BCUT2D eigenvalue weighted by molar-refractivity contribution is 7.08. The monoisotopic (exact) mass is 281 g/mol. The number of amides is 1. The first-order valence-corrected chi connectivity index (χ1v) is 7.37. The number of thiophene rings is 1. The molecule has 0 aliphatic heterocycles. The highest BCUT2D eigenvalue weighted by Gasteiger charge is 2.38. The van der Waals surface area contributed by atoms with Crippen LogP contribution in [0.15, 0.2) is 15.9 Å². The molecule has 0 unspecified atom stereocenters. The van der Waals surface area contributed by atoms with Gasteiger partial charge in [0.2, 0.25) is 0 Å². The van der Waals surface area contributed by atoms with E-state index in [1.54, 1.807) is 0 Å². The molecule has 1 aliphatic rings. The second-order valence-electron chi connectivity index (χ2n) is 5.05. The molecule has 19 heavy (non-hydrogen) atoms. The van der Waals surface area contributed by atoms with Gasteiger partial charge in [0.1, 0.15) is 5.54 Å². The van der Waals surface area contributed by atoms with Crippen molar-refractivity contribution >= 4 is 23.1 Å². The Morgan fingerprint density at radius 2 is 2.11 bits per heavy atom. The molecule has 1 aromatic heterocycles. The number of amidine groups is 1. The van der Waals surface area contributed by atoms with E-state index in [-0.39, 0.29) is 11.7 Å². The molecule has 6 heteroatoms. The quantitative estimate of drug-likeness (QED) is 0.343. The molecule has 1 aromatic rings. The van der Waals surface area contributed by atoms with Crippen LogP contribution >= 0.6 is 11.3 Å². The molecule has 104 valence electrons. The summed E-state index contributed by atoms with van der Waals surface area (Å²) in [5.41, 5.74) is 6.73. The van der Waals surface area contributed by atoms with Crippen molar-refractivity contribution in [2.24, 2.45) is 10.9 Å². The van der Waals surface area contributed by atoms with Gasteiger partial charge in [-0.1, -0.05) is 24.4 Å². The fourth-order valence-corrected chi connectivity index (χ4v) is 3.40. The molecule has 0 saturated heterocycles. The SMILES string of the molecule is Cc1cscc1C(=O)NC1(C(N)=NO)CCCCC1. The van der Waals surface area contributed by atoms with Crippen LogP contribution in [-0.2, 0) is 0 Å². The van der Waals surface area contributed by atoms with E-state index >= 15 is 0 Å². The Morgan fingerprint density at radius 3 is 2.63 bits per heavy atom. The van der Waals surface area contributed by atoms with Crippen molar-refractivity contribution < 1.29 is 10.0 Å². The first kappa shape index (κ1) is 13.9. The summed E-state index contributed by atoms with van der Waals surface area (Å²) in [4.78, 5) is 12.3. The Bertz CT molecular complexity index is 490. The summed E-state index contributed by atoms with van der Waals surface area (Å²) in [6.45, 7) is 1.91. The van der Waals surface area contributed by atoms with Crippen LogP contribution in [-0.4, -0.2) is 22.5 Å². The van der Waals surface area contributed by atoms with Gasteiger partial charge in [-0.05, 0) is 30.7 Å². The molecular weight excluding hydrogens is 262 g/mol. The number of hydrogen-bond donors (Lipinski definition) is 3. The molecule has 1 aliphatic carbocycles. The number of aryl methyl sites for hydroxylation is 1. The Balaban J connectivity index is 2.21. The van der Waals surface area contributed by atoms with Crippen LogP contribution in [0.2, 0.25) is 0 Å². The predicted octanol–water partition coefficient (Wildman–Crippen LogP) is 2.24. The van der Waals surface area contributed by atoms with Crippen molar-refractivity contribution in [3.63, 3.8) is 0 Å². The van der Waals surface area contributed by atoms with E-state index in [1.807, 2.05) is 17.7 Å². The predicted molar refractivity (Wildman–Crippen MR) is 75.7 cm³/mol. The van der Waals surface area contributed by atoms with E-state index in [1.165, 1.54) is 11.3 Å². The normalized spacial score (nSPS) is 19.1. The van der Waals surface area contributed by atoms with Crippen molar-refractivity contribution in [2.75, 3.05) is 0 Å².